The molecule has 36 heavy (non-hydrogen) atoms. The Morgan fingerprint density at radius 3 is 2.31 bits per heavy atom. The third-order valence-corrected chi connectivity index (χ3v) is 11.3. The van der Waals surface area contributed by atoms with Crippen LogP contribution in [-0.4, -0.2) is 62.5 Å². The lowest BCUT2D eigenvalue weighted by Crippen LogP contribution is -2.54. The highest BCUT2D eigenvalue weighted by atomic mass is 28.4. The van der Waals surface area contributed by atoms with Crippen molar-refractivity contribution in [3.05, 3.63) is 35.9 Å². The van der Waals surface area contributed by atoms with Crippen LogP contribution in [0.1, 0.15) is 58.9 Å². The fourth-order valence-corrected chi connectivity index (χ4v) is 5.16. The molecule has 0 spiro atoms. The lowest BCUT2D eigenvalue weighted by molar-refractivity contribution is -0.167. The predicted molar refractivity (Wildman–Crippen MR) is 135 cm³/mol. The van der Waals surface area contributed by atoms with Gasteiger partial charge in [-0.25, -0.2) is 9.59 Å². The van der Waals surface area contributed by atoms with Gasteiger partial charge in [-0.1, -0.05) is 51.1 Å². The highest BCUT2D eigenvalue weighted by Crippen LogP contribution is 2.39. The van der Waals surface area contributed by atoms with Crippen molar-refractivity contribution in [2.24, 2.45) is 0 Å². The van der Waals surface area contributed by atoms with Crippen molar-refractivity contribution in [3.8, 4) is 0 Å². The van der Waals surface area contributed by atoms with Gasteiger partial charge in [0.05, 0.1) is 13.2 Å². The number of amides is 1. The number of methoxy groups -OCH3 is 1. The van der Waals surface area contributed by atoms with E-state index in [1.54, 1.807) is 12.1 Å². The Kier molecular flexibility index (Phi) is 10.2. The molecule has 1 aliphatic rings. The molecule has 1 aromatic rings. The number of ketones is 1. The monoisotopic (exact) mass is 521 g/mol. The molecule has 0 N–H and O–H groups in total. The van der Waals surface area contributed by atoms with Gasteiger partial charge >= 0.3 is 18.0 Å². The zero-order valence-corrected chi connectivity index (χ0v) is 23.4. The van der Waals surface area contributed by atoms with Crippen molar-refractivity contribution < 1.29 is 37.8 Å². The van der Waals surface area contributed by atoms with Gasteiger partial charge in [0.2, 0.25) is 0 Å². The van der Waals surface area contributed by atoms with Crippen molar-refractivity contribution in [2.45, 2.75) is 96.5 Å². The summed E-state index contributed by atoms with van der Waals surface area (Å²) in [5.74, 6) is -1.65. The van der Waals surface area contributed by atoms with E-state index in [-0.39, 0.29) is 36.7 Å². The molecule has 200 valence electrons. The van der Waals surface area contributed by atoms with Crippen molar-refractivity contribution in [1.29, 1.82) is 0 Å². The number of Topliss-reactive ketones (excluding diaryl/α,β-unsaturated/α-hetero) is 1. The molecule has 0 bridgehead atoms. The Morgan fingerprint density at radius 1 is 1.11 bits per heavy atom. The molecule has 3 atom stereocenters. The maximum Gasteiger partial charge on any atom is 0.413 e. The maximum absolute atomic E-state index is 13.4. The van der Waals surface area contributed by atoms with E-state index in [0.717, 1.165) is 10.5 Å². The third-order valence-electron chi connectivity index (χ3n) is 6.74. The molecule has 1 amide bonds. The molecule has 1 heterocycles. The first kappa shape index (κ1) is 29.5. The van der Waals surface area contributed by atoms with Crippen LogP contribution in [-0.2, 0) is 39.6 Å². The van der Waals surface area contributed by atoms with E-state index < -0.39 is 44.7 Å². The summed E-state index contributed by atoms with van der Waals surface area (Å²) in [7, 11) is -1.09. The summed E-state index contributed by atoms with van der Waals surface area (Å²) in [6.07, 6.45) is -2.20. The second kappa shape index (κ2) is 12.5. The molecular weight excluding hydrogens is 482 g/mol. The van der Waals surface area contributed by atoms with Gasteiger partial charge in [-0.3, -0.25) is 14.5 Å². The minimum atomic E-state index is -2.27. The molecule has 1 aromatic carbocycles. The lowest BCUT2D eigenvalue weighted by atomic mass is 10.1. The van der Waals surface area contributed by atoms with Crippen LogP contribution in [0.4, 0.5) is 4.79 Å². The van der Waals surface area contributed by atoms with E-state index in [4.69, 9.17) is 18.6 Å². The molecular formula is C26H39NO8Si. The first-order valence-electron chi connectivity index (χ1n) is 12.2. The van der Waals surface area contributed by atoms with Gasteiger partial charge in [-0.15, -0.1) is 0 Å². The van der Waals surface area contributed by atoms with Gasteiger partial charge < -0.3 is 18.6 Å². The van der Waals surface area contributed by atoms with Gasteiger partial charge in [0.25, 0.3) is 0 Å². The fourth-order valence-electron chi connectivity index (χ4n) is 3.76. The Labute approximate surface area is 214 Å². The van der Waals surface area contributed by atoms with E-state index in [1.807, 2.05) is 18.2 Å². The molecule has 0 unspecified atom stereocenters. The van der Waals surface area contributed by atoms with Crippen molar-refractivity contribution in [3.63, 3.8) is 0 Å². The van der Waals surface area contributed by atoms with Gasteiger partial charge in [0.15, 0.2) is 14.5 Å². The normalized spacial score (nSPS) is 21.6. The van der Waals surface area contributed by atoms with E-state index in [2.05, 4.69) is 33.9 Å². The first-order valence-corrected chi connectivity index (χ1v) is 15.1. The Hall–Kier alpha value is -2.72. The fraction of sp³-hybridized carbons (Fsp3) is 0.615. The zero-order valence-electron chi connectivity index (χ0n) is 22.4. The molecule has 0 aromatic heterocycles. The first-order chi connectivity index (χ1) is 16.7. The molecule has 10 heteroatoms. The number of nitrogens with zero attached hydrogens (tertiary/aromatic N) is 1. The van der Waals surface area contributed by atoms with Crippen molar-refractivity contribution in [1.82, 2.24) is 4.90 Å². The summed E-state index contributed by atoms with van der Waals surface area (Å²) in [6.45, 7) is 11.6. The smallest absolute Gasteiger partial charge is 0.413 e. The van der Waals surface area contributed by atoms with Gasteiger partial charge in [0.1, 0.15) is 18.4 Å². The van der Waals surface area contributed by atoms with Crippen LogP contribution in [0.5, 0.6) is 0 Å². The number of rotatable bonds is 6. The van der Waals surface area contributed by atoms with Crippen LogP contribution in [0.3, 0.4) is 0 Å². The average molecular weight is 522 g/mol. The number of hydrogen-bond donors (Lipinski definition) is 0. The predicted octanol–water partition coefficient (Wildman–Crippen LogP) is 4.59. The molecule has 1 fully saturated rings. The molecule has 0 radical (unpaired) electrons. The topological polar surface area (TPSA) is 108 Å². The van der Waals surface area contributed by atoms with E-state index in [1.165, 1.54) is 14.0 Å². The largest absolute Gasteiger partial charge is 0.467 e. The number of carbonyl (C=O) groups is 4. The summed E-state index contributed by atoms with van der Waals surface area (Å²) >= 11 is 0. The van der Waals surface area contributed by atoms with E-state index in [9.17, 15) is 19.2 Å². The molecule has 0 saturated carbocycles. The standard InChI is InChI=1S/C26H39NO8Si/c1-18(28)34-23-16-21(35-36(6,7)26(2,3)4)14-13-20(29)15-22(24(30)32-5)27(23)25(31)33-17-19-11-9-8-10-12-19/h8-12,21-23H,13-17H2,1-7H3/t21-,22+,23-/m1/s1. The summed E-state index contributed by atoms with van der Waals surface area (Å²) in [5, 5.41) is -0.102. The molecule has 0 aliphatic carbocycles. The second-order valence-electron chi connectivity index (χ2n) is 10.6. The minimum absolute atomic E-state index is 0.0608. The van der Waals surface area contributed by atoms with Gasteiger partial charge in [-0.2, -0.15) is 0 Å². The second-order valence-corrected chi connectivity index (χ2v) is 15.3. The van der Waals surface area contributed by atoms with Crippen LogP contribution in [0, 0.1) is 0 Å². The zero-order chi connectivity index (χ0) is 27.1. The summed E-state index contributed by atoms with van der Waals surface area (Å²) < 4.78 is 22.6. The van der Waals surface area contributed by atoms with Crippen LogP contribution in [0.15, 0.2) is 30.3 Å². The highest BCUT2D eigenvalue weighted by Gasteiger charge is 2.45. The summed E-state index contributed by atoms with van der Waals surface area (Å²) in [4.78, 5) is 52.1. The van der Waals surface area contributed by atoms with Crippen molar-refractivity contribution in [2.75, 3.05) is 7.11 Å². The van der Waals surface area contributed by atoms with Crippen LogP contribution >= 0.6 is 0 Å². The molecule has 9 nitrogen and oxygen atoms in total. The minimum Gasteiger partial charge on any atom is -0.467 e. The lowest BCUT2D eigenvalue weighted by Gasteiger charge is -2.41. The van der Waals surface area contributed by atoms with E-state index in [0.29, 0.717) is 6.42 Å². The number of ether oxygens (including phenoxy) is 3. The molecule has 1 saturated heterocycles. The average Bonchev–Trinajstić information content (AvgIpc) is 2.85. The number of benzene rings is 1. The molecule has 1 aliphatic heterocycles. The number of hydrogen-bond acceptors (Lipinski definition) is 8. The number of carbonyl (C=O) groups excluding carboxylic acids is 4. The Balaban J connectivity index is 2.45. The SMILES string of the molecule is COC(=O)[C@@H]1CC(=O)CC[C@@H](O[Si](C)(C)C(C)(C)C)C[C@@H](OC(C)=O)N1C(=O)OCc1ccccc1. The summed E-state index contributed by atoms with van der Waals surface area (Å²) in [6, 6.07) is 7.74. The Bertz CT molecular complexity index is 928. The van der Waals surface area contributed by atoms with Crippen molar-refractivity contribution >= 4 is 32.1 Å². The molecule has 2 rings (SSSR count). The van der Waals surface area contributed by atoms with Crippen LogP contribution in [0.2, 0.25) is 18.1 Å². The van der Waals surface area contributed by atoms with E-state index >= 15 is 0 Å². The van der Waals surface area contributed by atoms with Crippen LogP contribution < -0.4 is 0 Å². The third kappa shape index (κ3) is 8.16. The Morgan fingerprint density at radius 2 is 1.75 bits per heavy atom. The van der Waals surface area contributed by atoms with Gasteiger partial charge in [-0.05, 0) is 30.1 Å². The maximum atomic E-state index is 13.4. The van der Waals surface area contributed by atoms with Crippen LogP contribution in [0.25, 0.3) is 0 Å². The highest BCUT2D eigenvalue weighted by molar-refractivity contribution is 6.74. The number of esters is 2. The quantitative estimate of drug-likeness (QED) is 0.304. The van der Waals surface area contributed by atoms with Gasteiger partial charge in [0, 0.05) is 26.2 Å². The summed E-state index contributed by atoms with van der Waals surface area (Å²) in [5.41, 5.74) is 0.740.